The minimum absolute atomic E-state index is 0.00671. The molecule has 0 bridgehead atoms. The molecule has 15 heavy (non-hydrogen) atoms. The first-order valence-electron chi connectivity index (χ1n) is 4.18. The minimum atomic E-state index is -2.61. The number of alkyl halides is 2. The molecule has 0 amide bonds. The Morgan fingerprint density at radius 1 is 1.53 bits per heavy atom. The van der Waals surface area contributed by atoms with Crippen molar-refractivity contribution in [3.8, 4) is 5.75 Å². The van der Waals surface area contributed by atoms with Crippen molar-refractivity contribution >= 4 is 6.08 Å². The maximum Gasteiger partial charge on any atom is 0.267 e. The van der Waals surface area contributed by atoms with Gasteiger partial charge in [0.15, 0.2) is 0 Å². The van der Waals surface area contributed by atoms with Crippen LogP contribution in [0.25, 0.3) is 0 Å². The van der Waals surface area contributed by atoms with Crippen LogP contribution in [-0.2, 0) is 11.3 Å². The summed E-state index contributed by atoms with van der Waals surface area (Å²) in [7, 11) is 1.30. The van der Waals surface area contributed by atoms with Gasteiger partial charge in [0.1, 0.15) is 5.75 Å². The SMILES string of the molecule is COc1c(CN=C=O)cccc1C(F)F. The lowest BCUT2D eigenvalue weighted by molar-refractivity contribution is 0.147. The van der Waals surface area contributed by atoms with Gasteiger partial charge < -0.3 is 4.74 Å². The molecule has 0 aliphatic heterocycles. The maximum atomic E-state index is 12.5. The van der Waals surface area contributed by atoms with Gasteiger partial charge in [0.2, 0.25) is 6.08 Å². The second kappa shape index (κ2) is 5.22. The van der Waals surface area contributed by atoms with E-state index in [2.05, 4.69) is 4.99 Å². The van der Waals surface area contributed by atoms with Gasteiger partial charge >= 0.3 is 0 Å². The molecule has 0 saturated heterocycles. The lowest BCUT2D eigenvalue weighted by atomic mass is 10.1. The van der Waals surface area contributed by atoms with Crippen LogP contribution in [0.5, 0.6) is 5.75 Å². The summed E-state index contributed by atoms with van der Waals surface area (Å²) in [6.45, 7) is -0.00671. The zero-order valence-corrected chi connectivity index (χ0v) is 8.04. The van der Waals surface area contributed by atoms with Crippen LogP contribution >= 0.6 is 0 Å². The van der Waals surface area contributed by atoms with Gasteiger partial charge in [0.05, 0.1) is 19.2 Å². The normalized spacial score (nSPS) is 9.87. The summed E-state index contributed by atoms with van der Waals surface area (Å²) >= 11 is 0. The Labute approximate surface area is 85.4 Å². The third-order valence-corrected chi connectivity index (χ3v) is 1.88. The van der Waals surface area contributed by atoms with Gasteiger partial charge in [-0.15, -0.1) is 0 Å². The third kappa shape index (κ3) is 2.60. The van der Waals surface area contributed by atoms with Crippen LogP contribution in [0, 0.1) is 0 Å². The molecule has 0 aliphatic carbocycles. The third-order valence-electron chi connectivity index (χ3n) is 1.88. The minimum Gasteiger partial charge on any atom is -0.496 e. The van der Waals surface area contributed by atoms with Gasteiger partial charge in [-0.05, 0) is 6.07 Å². The number of methoxy groups -OCH3 is 1. The molecule has 0 unspecified atom stereocenters. The van der Waals surface area contributed by atoms with Crippen molar-refractivity contribution in [3.05, 3.63) is 29.3 Å². The van der Waals surface area contributed by atoms with E-state index >= 15 is 0 Å². The summed E-state index contributed by atoms with van der Waals surface area (Å²) in [6, 6.07) is 4.32. The molecule has 80 valence electrons. The van der Waals surface area contributed by atoms with E-state index in [0.29, 0.717) is 5.56 Å². The molecule has 0 atom stereocenters. The smallest absolute Gasteiger partial charge is 0.267 e. The Morgan fingerprint density at radius 2 is 2.27 bits per heavy atom. The van der Waals surface area contributed by atoms with Crippen molar-refractivity contribution in [2.45, 2.75) is 13.0 Å². The summed E-state index contributed by atoms with van der Waals surface area (Å²) in [5.41, 5.74) is 0.245. The average Bonchev–Trinajstić information content (AvgIpc) is 2.25. The van der Waals surface area contributed by atoms with Crippen molar-refractivity contribution in [3.63, 3.8) is 0 Å². The summed E-state index contributed by atoms with van der Waals surface area (Å²) in [6.07, 6.45) is -1.26. The maximum absolute atomic E-state index is 12.5. The number of carbonyl (C=O) groups excluding carboxylic acids is 1. The van der Waals surface area contributed by atoms with Crippen LogP contribution in [0.2, 0.25) is 0 Å². The van der Waals surface area contributed by atoms with Crippen molar-refractivity contribution in [1.82, 2.24) is 0 Å². The van der Waals surface area contributed by atoms with Gasteiger partial charge in [0, 0.05) is 5.56 Å². The van der Waals surface area contributed by atoms with Crippen molar-refractivity contribution in [2.24, 2.45) is 4.99 Å². The fourth-order valence-corrected chi connectivity index (χ4v) is 1.27. The Hall–Kier alpha value is -1.74. The predicted octanol–water partition coefficient (Wildman–Crippen LogP) is 2.47. The Morgan fingerprint density at radius 3 is 2.80 bits per heavy atom. The number of nitrogens with zero attached hydrogens (tertiary/aromatic N) is 1. The standard InChI is InChI=1S/C10H9F2NO2/c1-15-9-7(5-13-6-14)3-2-4-8(9)10(11)12/h2-4,10H,5H2,1H3. The van der Waals surface area contributed by atoms with E-state index in [4.69, 9.17) is 4.74 Å². The summed E-state index contributed by atoms with van der Waals surface area (Å²) < 4.78 is 29.9. The molecule has 1 rings (SSSR count). The number of hydrogen-bond acceptors (Lipinski definition) is 3. The molecular formula is C10H9F2NO2. The average molecular weight is 213 g/mol. The lowest BCUT2D eigenvalue weighted by Crippen LogP contribution is -1.97. The van der Waals surface area contributed by atoms with Crippen LogP contribution in [0.3, 0.4) is 0 Å². The van der Waals surface area contributed by atoms with E-state index in [1.165, 1.54) is 25.3 Å². The van der Waals surface area contributed by atoms with E-state index in [-0.39, 0.29) is 17.9 Å². The monoisotopic (exact) mass is 213 g/mol. The zero-order valence-electron chi connectivity index (χ0n) is 8.04. The topological polar surface area (TPSA) is 38.7 Å². The highest BCUT2D eigenvalue weighted by Crippen LogP contribution is 2.32. The number of hydrogen-bond donors (Lipinski definition) is 0. The molecule has 1 aromatic carbocycles. The van der Waals surface area contributed by atoms with E-state index in [1.807, 2.05) is 0 Å². The molecule has 0 aromatic heterocycles. The number of halogens is 2. The molecule has 0 heterocycles. The van der Waals surface area contributed by atoms with Crippen LogP contribution < -0.4 is 4.74 Å². The molecule has 0 saturated carbocycles. The molecular weight excluding hydrogens is 204 g/mol. The Kier molecular flexibility index (Phi) is 3.94. The number of para-hydroxylation sites is 1. The molecule has 5 heteroatoms. The predicted molar refractivity (Wildman–Crippen MR) is 49.8 cm³/mol. The van der Waals surface area contributed by atoms with Crippen LogP contribution in [0.4, 0.5) is 8.78 Å². The first-order valence-corrected chi connectivity index (χ1v) is 4.18. The van der Waals surface area contributed by atoms with E-state index in [9.17, 15) is 13.6 Å². The highest BCUT2D eigenvalue weighted by Gasteiger charge is 2.16. The number of aliphatic imine (C=N–C) groups is 1. The second-order valence-electron chi connectivity index (χ2n) is 2.75. The van der Waals surface area contributed by atoms with Crippen molar-refractivity contribution in [1.29, 1.82) is 0 Å². The van der Waals surface area contributed by atoms with Gasteiger partial charge in [-0.25, -0.2) is 18.6 Å². The molecule has 1 aromatic rings. The number of isocyanates is 1. The fraction of sp³-hybridized carbons (Fsp3) is 0.300. The number of ether oxygens (including phenoxy) is 1. The first kappa shape index (κ1) is 11.3. The lowest BCUT2D eigenvalue weighted by Gasteiger charge is -2.10. The quantitative estimate of drug-likeness (QED) is 0.569. The summed E-state index contributed by atoms with van der Waals surface area (Å²) in [5, 5.41) is 0. The highest BCUT2D eigenvalue weighted by molar-refractivity contribution is 5.43. The molecule has 0 N–H and O–H groups in total. The molecule has 0 spiro atoms. The van der Waals surface area contributed by atoms with Gasteiger partial charge in [-0.2, -0.15) is 0 Å². The molecule has 0 aliphatic rings. The molecule has 3 nitrogen and oxygen atoms in total. The number of benzene rings is 1. The highest BCUT2D eigenvalue weighted by atomic mass is 19.3. The van der Waals surface area contributed by atoms with Crippen LogP contribution in [0.1, 0.15) is 17.6 Å². The molecule has 0 radical (unpaired) electrons. The Balaban J connectivity index is 3.15. The van der Waals surface area contributed by atoms with Crippen molar-refractivity contribution in [2.75, 3.05) is 7.11 Å². The summed E-state index contributed by atoms with van der Waals surface area (Å²) in [4.78, 5) is 13.2. The van der Waals surface area contributed by atoms with Crippen molar-refractivity contribution < 1.29 is 18.3 Å². The fourth-order valence-electron chi connectivity index (χ4n) is 1.27. The first-order chi connectivity index (χ1) is 7.20. The van der Waals surface area contributed by atoms with Gasteiger partial charge in [-0.3, -0.25) is 0 Å². The van der Waals surface area contributed by atoms with Gasteiger partial charge in [0.25, 0.3) is 6.43 Å². The van der Waals surface area contributed by atoms with E-state index in [1.54, 1.807) is 6.07 Å². The number of rotatable bonds is 4. The summed E-state index contributed by atoms with van der Waals surface area (Å²) in [5.74, 6) is 0.0755. The van der Waals surface area contributed by atoms with Gasteiger partial charge in [-0.1, -0.05) is 12.1 Å². The zero-order chi connectivity index (χ0) is 11.3. The Bertz CT molecular complexity index is 387. The molecule has 0 fully saturated rings. The van der Waals surface area contributed by atoms with E-state index in [0.717, 1.165) is 0 Å². The van der Waals surface area contributed by atoms with Crippen LogP contribution in [0.15, 0.2) is 23.2 Å². The van der Waals surface area contributed by atoms with E-state index < -0.39 is 6.43 Å². The largest absolute Gasteiger partial charge is 0.496 e. The second-order valence-corrected chi connectivity index (χ2v) is 2.75. The van der Waals surface area contributed by atoms with Crippen LogP contribution in [-0.4, -0.2) is 13.2 Å².